The van der Waals surface area contributed by atoms with E-state index in [-0.39, 0.29) is 12.1 Å². The third-order valence-electron chi connectivity index (χ3n) is 3.89. The van der Waals surface area contributed by atoms with Crippen LogP contribution in [-0.2, 0) is 4.74 Å². The number of amides is 1. The number of carbonyl (C=O) groups is 1. The van der Waals surface area contributed by atoms with Crippen LogP contribution in [0.2, 0.25) is 0 Å². The van der Waals surface area contributed by atoms with E-state index in [9.17, 15) is 4.79 Å². The molecule has 128 valence electrons. The Morgan fingerprint density at radius 3 is 2.43 bits per heavy atom. The second-order valence-corrected chi connectivity index (χ2v) is 6.92. The van der Waals surface area contributed by atoms with Gasteiger partial charge in [0.05, 0.1) is 0 Å². The number of aromatic nitrogens is 1. The van der Waals surface area contributed by atoms with Crippen LogP contribution in [0.4, 0.5) is 10.6 Å². The van der Waals surface area contributed by atoms with Gasteiger partial charge in [0.15, 0.2) is 0 Å². The lowest BCUT2D eigenvalue weighted by atomic mass is 10.1. The van der Waals surface area contributed by atoms with Gasteiger partial charge in [0.2, 0.25) is 0 Å². The van der Waals surface area contributed by atoms with Gasteiger partial charge in [-0.15, -0.1) is 0 Å². The average molecular weight is 320 g/mol. The first kappa shape index (κ1) is 17.5. The number of nitrogens with two attached hydrogens (primary N) is 1. The number of hydrogen-bond acceptors (Lipinski definition) is 5. The second-order valence-electron chi connectivity index (χ2n) is 6.92. The van der Waals surface area contributed by atoms with E-state index in [0.29, 0.717) is 13.1 Å². The molecule has 0 bridgehead atoms. The number of piperazine rings is 1. The smallest absolute Gasteiger partial charge is 0.410 e. The van der Waals surface area contributed by atoms with Crippen molar-refractivity contribution in [3.63, 3.8) is 0 Å². The van der Waals surface area contributed by atoms with Crippen molar-refractivity contribution in [3.8, 4) is 0 Å². The first-order chi connectivity index (χ1) is 10.8. The summed E-state index contributed by atoms with van der Waals surface area (Å²) in [5.41, 5.74) is 6.62. The van der Waals surface area contributed by atoms with Gasteiger partial charge in [0, 0.05) is 38.4 Å². The molecule has 0 spiro atoms. The predicted octanol–water partition coefficient (Wildman–Crippen LogP) is 2.55. The first-order valence-electron chi connectivity index (χ1n) is 8.24. The van der Waals surface area contributed by atoms with Crippen LogP contribution < -0.4 is 10.6 Å². The van der Waals surface area contributed by atoms with Crippen molar-refractivity contribution in [2.75, 3.05) is 31.1 Å². The zero-order valence-corrected chi connectivity index (χ0v) is 14.6. The molecule has 0 aliphatic carbocycles. The molecular weight excluding hydrogens is 292 g/mol. The zero-order valence-electron chi connectivity index (χ0n) is 14.6. The second kappa shape index (κ2) is 7.17. The summed E-state index contributed by atoms with van der Waals surface area (Å²) < 4.78 is 5.41. The topological polar surface area (TPSA) is 71.7 Å². The lowest BCUT2D eigenvalue weighted by Crippen LogP contribution is -2.50. The Balaban J connectivity index is 1.90. The maximum Gasteiger partial charge on any atom is 0.410 e. The lowest BCUT2D eigenvalue weighted by Gasteiger charge is -2.36. The molecule has 0 radical (unpaired) electrons. The van der Waals surface area contributed by atoms with E-state index in [4.69, 9.17) is 10.5 Å². The van der Waals surface area contributed by atoms with Crippen molar-refractivity contribution in [1.82, 2.24) is 9.88 Å². The van der Waals surface area contributed by atoms with Crippen LogP contribution >= 0.6 is 0 Å². The first-order valence-corrected chi connectivity index (χ1v) is 8.24. The summed E-state index contributed by atoms with van der Waals surface area (Å²) in [7, 11) is 0. The lowest BCUT2D eigenvalue weighted by molar-refractivity contribution is 0.0240. The van der Waals surface area contributed by atoms with Gasteiger partial charge < -0.3 is 20.3 Å². The number of rotatable bonds is 3. The maximum atomic E-state index is 12.1. The van der Waals surface area contributed by atoms with Gasteiger partial charge in [-0.2, -0.15) is 0 Å². The van der Waals surface area contributed by atoms with E-state index < -0.39 is 5.60 Å². The molecule has 1 aliphatic rings. The Kier molecular flexibility index (Phi) is 5.46. The van der Waals surface area contributed by atoms with E-state index in [1.54, 1.807) is 4.90 Å². The van der Waals surface area contributed by atoms with Crippen molar-refractivity contribution in [1.29, 1.82) is 0 Å². The van der Waals surface area contributed by atoms with Gasteiger partial charge in [-0.3, -0.25) is 0 Å². The fourth-order valence-corrected chi connectivity index (χ4v) is 2.48. The van der Waals surface area contributed by atoms with Crippen molar-refractivity contribution >= 4 is 11.9 Å². The van der Waals surface area contributed by atoms with Gasteiger partial charge in [-0.05, 0) is 38.8 Å². The van der Waals surface area contributed by atoms with Crippen molar-refractivity contribution in [3.05, 3.63) is 23.9 Å². The molecule has 1 unspecified atom stereocenters. The molecule has 1 atom stereocenters. The summed E-state index contributed by atoms with van der Waals surface area (Å²) in [6.07, 6.45) is 2.51. The van der Waals surface area contributed by atoms with Gasteiger partial charge in [0.1, 0.15) is 11.4 Å². The molecule has 1 fully saturated rings. The Hall–Kier alpha value is -1.82. The van der Waals surface area contributed by atoms with Crippen LogP contribution in [0.25, 0.3) is 0 Å². The molecule has 0 aromatic carbocycles. The molecule has 1 saturated heterocycles. The maximum absolute atomic E-state index is 12.1. The van der Waals surface area contributed by atoms with Gasteiger partial charge in [-0.1, -0.05) is 13.0 Å². The number of anilines is 1. The number of nitrogens with zero attached hydrogens (tertiary/aromatic N) is 3. The van der Waals surface area contributed by atoms with Crippen LogP contribution in [-0.4, -0.2) is 47.8 Å². The Morgan fingerprint density at radius 2 is 1.96 bits per heavy atom. The number of ether oxygens (including phenoxy) is 1. The van der Waals surface area contributed by atoms with Crippen molar-refractivity contribution in [2.45, 2.75) is 45.8 Å². The van der Waals surface area contributed by atoms with Gasteiger partial charge in [0.25, 0.3) is 0 Å². The van der Waals surface area contributed by atoms with Crippen molar-refractivity contribution < 1.29 is 9.53 Å². The van der Waals surface area contributed by atoms with Crippen molar-refractivity contribution in [2.24, 2.45) is 5.73 Å². The van der Waals surface area contributed by atoms with E-state index in [2.05, 4.69) is 16.8 Å². The fraction of sp³-hybridized carbons (Fsp3) is 0.647. The minimum atomic E-state index is -0.455. The Bertz CT molecular complexity index is 516. The van der Waals surface area contributed by atoms with Crippen LogP contribution in [0.1, 0.15) is 45.7 Å². The molecule has 23 heavy (non-hydrogen) atoms. The normalized spacial score (nSPS) is 17.1. The van der Waals surface area contributed by atoms with E-state index in [0.717, 1.165) is 30.9 Å². The molecular formula is C17H28N4O2. The third kappa shape index (κ3) is 4.82. The summed E-state index contributed by atoms with van der Waals surface area (Å²) in [5.74, 6) is 0.931. The SMILES string of the molecule is CCC(N)c1ccc(N2CCN(C(=O)OC(C)(C)C)CC2)nc1. The van der Waals surface area contributed by atoms with Gasteiger partial charge >= 0.3 is 6.09 Å². The predicted molar refractivity (Wildman–Crippen MR) is 91.5 cm³/mol. The molecule has 6 heteroatoms. The average Bonchev–Trinajstić information content (AvgIpc) is 2.53. The molecule has 0 saturated carbocycles. The molecule has 1 aliphatic heterocycles. The van der Waals surface area contributed by atoms with E-state index in [1.165, 1.54) is 0 Å². The number of carbonyl (C=O) groups excluding carboxylic acids is 1. The standard InChI is InChI=1S/C17H28N4O2/c1-5-14(18)13-6-7-15(19-12-13)20-8-10-21(11-9-20)16(22)23-17(2,3)4/h6-7,12,14H,5,8-11,18H2,1-4H3. The highest BCUT2D eigenvalue weighted by atomic mass is 16.6. The fourth-order valence-electron chi connectivity index (χ4n) is 2.48. The largest absolute Gasteiger partial charge is 0.444 e. The molecule has 1 aromatic heterocycles. The number of pyridine rings is 1. The van der Waals surface area contributed by atoms with E-state index >= 15 is 0 Å². The third-order valence-corrected chi connectivity index (χ3v) is 3.89. The summed E-state index contributed by atoms with van der Waals surface area (Å²) in [5, 5.41) is 0. The van der Waals surface area contributed by atoms with Crippen LogP contribution in [0.3, 0.4) is 0 Å². The highest BCUT2D eigenvalue weighted by Gasteiger charge is 2.26. The van der Waals surface area contributed by atoms with Crippen LogP contribution in [0.15, 0.2) is 18.3 Å². The summed E-state index contributed by atoms with van der Waals surface area (Å²) in [6, 6.07) is 4.09. The molecule has 2 heterocycles. The molecule has 2 N–H and O–H groups in total. The minimum absolute atomic E-state index is 0.0422. The minimum Gasteiger partial charge on any atom is -0.444 e. The van der Waals surface area contributed by atoms with Crippen LogP contribution in [0, 0.1) is 0 Å². The van der Waals surface area contributed by atoms with E-state index in [1.807, 2.05) is 39.1 Å². The molecule has 6 nitrogen and oxygen atoms in total. The van der Waals surface area contributed by atoms with Crippen LogP contribution in [0.5, 0.6) is 0 Å². The Labute approximate surface area is 138 Å². The summed E-state index contributed by atoms with van der Waals surface area (Å²) in [4.78, 5) is 20.5. The quantitative estimate of drug-likeness (QED) is 0.926. The highest BCUT2D eigenvalue weighted by Crippen LogP contribution is 2.19. The summed E-state index contributed by atoms with van der Waals surface area (Å²) in [6.45, 7) is 10.5. The monoisotopic (exact) mass is 320 g/mol. The Morgan fingerprint density at radius 1 is 1.30 bits per heavy atom. The highest BCUT2D eigenvalue weighted by molar-refractivity contribution is 5.68. The summed E-state index contributed by atoms with van der Waals surface area (Å²) >= 11 is 0. The molecule has 1 amide bonds. The number of hydrogen-bond donors (Lipinski definition) is 1. The van der Waals surface area contributed by atoms with Gasteiger partial charge in [-0.25, -0.2) is 9.78 Å². The molecule has 2 rings (SSSR count). The zero-order chi connectivity index (χ0) is 17.0. The molecule has 1 aromatic rings.